The van der Waals surface area contributed by atoms with E-state index in [4.69, 9.17) is 0 Å². The Morgan fingerprint density at radius 1 is 0.444 bits per heavy atom. The molecule has 6 rings (SSSR count). The predicted octanol–water partition coefficient (Wildman–Crippen LogP) is 5.14. The maximum atomic E-state index is 13.1. The molecule has 6 aromatic rings. The summed E-state index contributed by atoms with van der Waals surface area (Å²) in [6.07, 6.45) is 0. The molecule has 0 bridgehead atoms. The lowest BCUT2D eigenvalue weighted by Gasteiger charge is -2.14. The first-order chi connectivity index (χ1) is 25.2. The van der Waals surface area contributed by atoms with Gasteiger partial charge in [-0.3, -0.25) is 18.5 Å². The molecule has 0 atom stereocenters. The van der Waals surface area contributed by atoms with Crippen molar-refractivity contribution in [3.63, 3.8) is 0 Å². The van der Waals surface area contributed by atoms with Gasteiger partial charge < -0.3 is 20.8 Å². The zero-order valence-corrected chi connectivity index (χ0v) is 30.3. The van der Waals surface area contributed by atoms with Crippen LogP contribution in [0.5, 0.6) is 11.5 Å². The van der Waals surface area contributed by atoms with Crippen molar-refractivity contribution in [2.75, 3.05) is 20.1 Å². The molecule has 54 heavy (non-hydrogen) atoms. The van der Waals surface area contributed by atoms with Crippen molar-refractivity contribution in [3.05, 3.63) is 109 Å². The number of phenols is 2. The van der Waals surface area contributed by atoms with E-state index in [1.54, 1.807) is 0 Å². The van der Waals surface area contributed by atoms with E-state index >= 15 is 0 Å². The van der Waals surface area contributed by atoms with Crippen molar-refractivity contribution in [1.29, 1.82) is 0 Å². The lowest BCUT2D eigenvalue weighted by Crippen LogP contribution is -2.20. The second-order valence-corrected chi connectivity index (χ2v) is 17.6. The van der Waals surface area contributed by atoms with Crippen LogP contribution in [0.4, 0.5) is 27.5 Å². The van der Waals surface area contributed by atoms with Crippen molar-refractivity contribution in [3.8, 4) is 11.5 Å². The van der Waals surface area contributed by atoms with Gasteiger partial charge in [0.2, 0.25) is 0 Å². The number of hydrogen-bond acceptors (Lipinski definition) is 11. The fourth-order valence-electron chi connectivity index (χ4n) is 5.38. The summed E-state index contributed by atoms with van der Waals surface area (Å²) in [5.41, 5.74) is -0.204. The minimum absolute atomic E-state index is 0.0341. The molecule has 0 aromatic heterocycles. The van der Waals surface area contributed by atoms with Crippen LogP contribution >= 0.6 is 0 Å². The summed E-state index contributed by atoms with van der Waals surface area (Å²) >= 11 is 0. The lowest BCUT2D eigenvalue weighted by molar-refractivity contribution is 0.262. The normalized spacial score (nSPS) is 12.3. The Kier molecular flexibility index (Phi) is 9.64. The maximum absolute atomic E-state index is 13.1. The van der Waals surface area contributed by atoms with Crippen LogP contribution < -0.4 is 20.1 Å². The zero-order chi connectivity index (χ0) is 39.2. The second-order valence-electron chi connectivity index (χ2n) is 11.4. The molecular formula is C33H26N4O13S4. The summed E-state index contributed by atoms with van der Waals surface area (Å²) < 4.78 is 122. The van der Waals surface area contributed by atoms with Crippen molar-refractivity contribution >= 4 is 90.6 Å². The average Bonchev–Trinajstić information content (AvgIpc) is 3.10. The van der Waals surface area contributed by atoms with Gasteiger partial charge in [0, 0.05) is 32.9 Å². The Morgan fingerprint density at radius 2 is 0.796 bits per heavy atom. The number of urea groups is 1. The molecular weight excluding hydrogens is 789 g/mol. The molecule has 0 aliphatic carbocycles. The molecule has 280 valence electrons. The highest BCUT2D eigenvalue weighted by atomic mass is 32.2. The van der Waals surface area contributed by atoms with E-state index in [1.807, 2.05) is 0 Å². The molecule has 0 heterocycles. The van der Waals surface area contributed by atoms with Crippen LogP contribution in [-0.2, 0) is 40.3 Å². The summed E-state index contributed by atoms with van der Waals surface area (Å²) in [7, 11) is -17.9. The number of amides is 2. The number of benzene rings is 6. The molecule has 0 unspecified atom stereocenters. The maximum Gasteiger partial charge on any atom is 0.323 e. The molecule has 0 saturated carbocycles. The first kappa shape index (κ1) is 37.8. The third kappa shape index (κ3) is 7.71. The summed E-state index contributed by atoms with van der Waals surface area (Å²) in [6.45, 7) is 0. The Balaban J connectivity index is 1.10. The van der Waals surface area contributed by atoms with Crippen LogP contribution in [0.1, 0.15) is 0 Å². The van der Waals surface area contributed by atoms with Gasteiger partial charge in [0.25, 0.3) is 40.3 Å². The predicted molar refractivity (Wildman–Crippen MR) is 198 cm³/mol. The third-order valence-corrected chi connectivity index (χ3v) is 12.5. The smallest absolute Gasteiger partial charge is 0.323 e. The van der Waals surface area contributed by atoms with Crippen LogP contribution in [0.3, 0.4) is 0 Å². The van der Waals surface area contributed by atoms with Gasteiger partial charge in [0.1, 0.15) is 21.3 Å². The Bertz CT molecular complexity index is 2740. The quantitative estimate of drug-likeness (QED) is 0.0657. The lowest BCUT2D eigenvalue weighted by atomic mass is 10.1. The molecule has 0 radical (unpaired) electrons. The number of anilines is 4. The summed E-state index contributed by atoms with van der Waals surface area (Å²) in [6, 6.07) is 21.2. The largest absolute Gasteiger partial charge is 0.505 e. The SMILES string of the molecule is O=C(Nc1ccc(S(=O)(=O)Nc2ccc3c(S(=O)(=O)O)cccc3c2O)cc1)Nc1ccc(S(=O)(=O)Nc2ccc3c(S(=O)(=O)O)cccc3c2O)cc1. The van der Waals surface area contributed by atoms with E-state index in [9.17, 15) is 57.8 Å². The zero-order valence-electron chi connectivity index (χ0n) is 27.0. The van der Waals surface area contributed by atoms with Gasteiger partial charge in [-0.25, -0.2) is 21.6 Å². The van der Waals surface area contributed by atoms with E-state index in [0.29, 0.717) is 0 Å². The minimum atomic E-state index is -4.63. The highest BCUT2D eigenvalue weighted by molar-refractivity contribution is 7.93. The van der Waals surface area contributed by atoms with Crippen LogP contribution in [0.15, 0.2) is 129 Å². The number of phenolic OH excluding ortho intramolecular Hbond substituents is 2. The van der Waals surface area contributed by atoms with Gasteiger partial charge in [0.15, 0.2) is 0 Å². The van der Waals surface area contributed by atoms with Crippen LogP contribution in [0, 0.1) is 0 Å². The fraction of sp³-hybridized carbons (Fsp3) is 0. The van der Waals surface area contributed by atoms with E-state index in [1.165, 1.54) is 84.9 Å². The number of aromatic hydroxyl groups is 2. The topological polar surface area (TPSA) is 283 Å². The molecule has 0 spiro atoms. The van der Waals surface area contributed by atoms with E-state index in [-0.39, 0.29) is 54.1 Å². The Hall–Kier alpha value is -5.97. The number of sulfonamides is 2. The molecule has 0 saturated heterocycles. The highest BCUT2D eigenvalue weighted by Gasteiger charge is 2.22. The number of nitrogens with one attached hydrogen (secondary N) is 4. The average molecular weight is 815 g/mol. The summed E-state index contributed by atoms with van der Waals surface area (Å²) in [4.78, 5) is 11.2. The van der Waals surface area contributed by atoms with Crippen molar-refractivity contribution in [2.24, 2.45) is 0 Å². The molecule has 17 nitrogen and oxygen atoms in total. The first-order valence-corrected chi connectivity index (χ1v) is 20.9. The van der Waals surface area contributed by atoms with Crippen molar-refractivity contribution in [2.45, 2.75) is 19.6 Å². The number of fused-ring (bicyclic) bond motifs is 2. The van der Waals surface area contributed by atoms with Crippen LogP contribution in [0.25, 0.3) is 21.5 Å². The third-order valence-electron chi connectivity index (χ3n) is 7.88. The molecule has 8 N–H and O–H groups in total. The number of hydrogen-bond donors (Lipinski definition) is 8. The Morgan fingerprint density at radius 3 is 1.13 bits per heavy atom. The standard InChI is InChI=1S/C33H26N4O13S4/c38-31-25-3-1-5-29(53(45,46)47)23(25)15-17-27(31)36-51(41,42)21-11-7-19(8-12-21)34-33(40)35-20-9-13-22(14-10-20)52(43,44)37-28-18-16-24-26(32(28)39)4-2-6-30(24)54(48,49)50/h1-18,36-39H,(H2,34,35,40)(H,45,46,47)(H,48,49,50). The van der Waals surface area contributed by atoms with Gasteiger partial charge in [-0.2, -0.15) is 16.8 Å². The van der Waals surface area contributed by atoms with E-state index in [0.717, 1.165) is 24.3 Å². The molecule has 0 fully saturated rings. The summed E-state index contributed by atoms with van der Waals surface area (Å²) in [5.74, 6) is -1.16. The van der Waals surface area contributed by atoms with Gasteiger partial charge in [-0.1, -0.05) is 36.4 Å². The fourth-order valence-corrected chi connectivity index (χ4v) is 8.92. The van der Waals surface area contributed by atoms with Crippen LogP contribution in [0.2, 0.25) is 0 Å². The van der Waals surface area contributed by atoms with E-state index < -0.39 is 67.6 Å². The van der Waals surface area contributed by atoms with Gasteiger partial charge in [-0.15, -0.1) is 0 Å². The van der Waals surface area contributed by atoms with E-state index in [2.05, 4.69) is 20.1 Å². The monoisotopic (exact) mass is 814 g/mol. The van der Waals surface area contributed by atoms with Gasteiger partial charge in [-0.05, 0) is 72.8 Å². The molecule has 0 aliphatic heterocycles. The molecule has 21 heteroatoms. The highest BCUT2D eigenvalue weighted by Crippen LogP contribution is 2.38. The second kappa shape index (κ2) is 13.8. The summed E-state index contributed by atoms with van der Waals surface area (Å²) in [5, 5.41) is 26.2. The minimum Gasteiger partial charge on any atom is -0.505 e. The van der Waals surface area contributed by atoms with Crippen LogP contribution in [-0.4, -0.2) is 59.0 Å². The molecule has 6 aromatic carbocycles. The Labute approximate surface area is 307 Å². The molecule has 0 aliphatic rings. The van der Waals surface area contributed by atoms with Gasteiger partial charge >= 0.3 is 6.03 Å². The number of rotatable bonds is 10. The van der Waals surface area contributed by atoms with Crippen molar-refractivity contribution in [1.82, 2.24) is 0 Å². The number of carbonyl (C=O) groups excluding carboxylic acids is 1. The van der Waals surface area contributed by atoms with Crippen molar-refractivity contribution < 1.29 is 57.8 Å². The first-order valence-electron chi connectivity index (χ1n) is 15.0. The van der Waals surface area contributed by atoms with Gasteiger partial charge in [0.05, 0.1) is 21.2 Å². The molecule has 2 amide bonds. The number of carbonyl (C=O) groups is 1.